The molecule has 0 aromatic rings. The molecule has 2 N–H and O–H groups in total. The van der Waals surface area contributed by atoms with E-state index in [0.29, 0.717) is 11.0 Å². The lowest BCUT2D eigenvalue weighted by molar-refractivity contribution is -0.870. The molecule has 0 saturated carbocycles. The van der Waals surface area contributed by atoms with Gasteiger partial charge in [0.1, 0.15) is 13.2 Å². The number of rotatable bonds is 32. The van der Waals surface area contributed by atoms with Gasteiger partial charge in [-0.3, -0.25) is 9.36 Å². The molecule has 0 fully saturated rings. The summed E-state index contributed by atoms with van der Waals surface area (Å²) in [6, 6.07) is -0.903. The van der Waals surface area contributed by atoms with E-state index in [-0.39, 0.29) is 18.9 Å². The third kappa shape index (κ3) is 31.3. The number of aliphatic hydroxyl groups is 1. The van der Waals surface area contributed by atoms with Gasteiger partial charge in [-0.05, 0) is 38.5 Å². The lowest BCUT2D eigenvalue weighted by atomic mass is 10.0. The van der Waals surface area contributed by atoms with Crippen molar-refractivity contribution >= 4 is 13.7 Å². The fourth-order valence-corrected chi connectivity index (χ4v) is 5.58. The number of carbonyl (C=O) groups is 1. The van der Waals surface area contributed by atoms with Crippen LogP contribution in [-0.4, -0.2) is 68.5 Å². The van der Waals surface area contributed by atoms with Crippen molar-refractivity contribution in [1.29, 1.82) is 0 Å². The zero-order valence-corrected chi connectivity index (χ0v) is 31.2. The average molecular weight is 671 g/mol. The number of hydrogen-bond donors (Lipinski definition) is 2. The van der Waals surface area contributed by atoms with Gasteiger partial charge in [0, 0.05) is 6.42 Å². The van der Waals surface area contributed by atoms with Gasteiger partial charge in [-0.2, -0.15) is 0 Å². The largest absolute Gasteiger partial charge is 0.756 e. The van der Waals surface area contributed by atoms with Gasteiger partial charge in [0.05, 0.1) is 39.9 Å². The van der Waals surface area contributed by atoms with Crippen LogP contribution >= 0.6 is 7.82 Å². The van der Waals surface area contributed by atoms with Crippen molar-refractivity contribution in [3.05, 3.63) is 36.5 Å². The van der Waals surface area contributed by atoms with Gasteiger partial charge in [0.2, 0.25) is 5.91 Å². The molecular formula is C37H71N2O6P. The van der Waals surface area contributed by atoms with Crippen LogP contribution in [0.25, 0.3) is 0 Å². The van der Waals surface area contributed by atoms with Crippen LogP contribution in [0.2, 0.25) is 0 Å². The highest BCUT2D eigenvalue weighted by Crippen LogP contribution is 2.38. The fraction of sp³-hybridized carbons (Fsp3) is 0.811. The average Bonchev–Trinajstić information content (AvgIpc) is 3.00. The number of phosphoric acid groups is 1. The highest BCUT2D eigenvalue weighted by atomic mass is 31.2. The Bertz CT molecular complexity index is 855. The number of carbonyl (C=O) groups excluding carboxylic acids is 1. The minimum absolute atomic E-state index is 0.0118. The molecule has 0 aromatic carbocycles. The third-order valence-electron chi connectivity index (χ3n) is 7.89. The van der Waals surface area contributed by atoms with Crippen molar-refractivity contribution in [2.45, 2.75) is 154 Å². The standard InChI is InChI=1S/C37H71N2O6P/c1-6-8-9-10-11-12-13-14-15-16-17-18-19-20-21-22-23-24-25-26-27-28-29-30-31-36(40)35(38-37(41)7-2)34-45-46(42,43)44-33-32-39(3,4)5/h22-23,26-27,30-31,35-36,40H,6-21,24-25,28-29,32-34H2,1-5H3,(H-,38,41,42,43)/b23-22+,27-26+,31-30+. The van der Waals surface area contributed by atoms with Gasteiger partial charge in [0.25, 0.3) is 7.82 Å². The van der Waals surface area contributed by atoms with Gasteiger partial charge in [-0.1, -0.05) is 134 Å². The predicted octanol–water partition coefficient (Wildman–Crippen LogP) is 8.55. The number of likely N-dealkylation sites (N-methyl/N-ethyl adjacent to an activating group) is 1. The molecule has 0 bridgehead atoms. The number of quaternary nitrogens is 1. The van der Waals surface area contributed by atoms with Gasteiger partial charge < -0.3 is 28.8 Å². The number of amides is 1. The van der Waals surface area contributed by atoms with E-state index in [1.165, 1.54) is 96.3 Å². The molecule has 46 heavy (non-hydrogen) atoms. The molecule has 0 aliphatic heterocycles. The molecule has 8 nitrogen and oxygen atoms in total. The van der Waals surface area contributed by atoms with E-state index < -0.39 is 26.6 Å². The molecule has 0 spiro atoms. The van der Waals surface area contributed by atoms with Crippen molar-refractivity contribution < 1.29 is 32.9 Å². The number of allylic oxidation sites excluding steroid dienone is 5. The van der Waals surface area contributed by atoms with Gasteiger partial charge in [-0.25, -0.2) is 0 Å². The first kappa shape index (κ1) is 44.7. The molecule has 0 aliphatic carbocycles. The number of phosphoric ester groups is 1. The van der Waals surface area contributed by atoms with E-state index in [0.717, 1.165) is 25.7 Å². The second-order valence-electron chi connectivity index (χ2n) is 13.5. The SMILES string of the molecule is CCCCCCCCCCCCCCCC/C=C/CC/C=C/CC/C=C/C(O)C(COP(=O)([O-])OCC[N+](C)(C)C)NC(=O)CC. The third-order valence-corrected chi connectivity index (χ3v) is 8.86. The molecule has 0 aromatic heterocycles. The van der Waals surface area contributed by atoms with E-state index in [4.69, 9.17) is 9.05 Å². The molecule has 9 heteroatoms. The second-order valence-corrected chi connectivity index (χ2v) is 14.9. The van der Waals surface area contributed by atoms with E-state index in [9.17, 15) is 19.4 Å². The van der Waals surface area contributed by atoms with Crippen LogP contribution in [0.5, 0.6) is 0 Å². The van der Waals surface area contributed by atoms with Crippen molar-refractivity contribution in [1.82, 2.24) is 5.32 Å². The van der Waals surface area contributed by atoms with E-state index in [1.807, 2.05) is 27.2 Å². The summed E-state index contributed by atoms with van der Waals surface area (Å²) in [5.74, 6) is -0.302. The Kier molecular flexibility index (Phi) is 29.0. The maximum absolute atomic E-state index is 12.1. The summed E-state index contributed by atoms with van der Waals surface area (Å²) in [4.78, 5) is 24.0. The number of nitrogens with zero attached hydrogens (tertiary/aromatic N) is 1. The number of aliphatic hydroxyl groups excluding tert-OH is 1. The smallest absolute Gasteiger partial charge is 0.268 e. The summed E-state index contributed by atoms with van der Waals surface area (Å²) in [6.07, 6.45) is 35.8. The Morgan fingerprint density at radius 3 is 1.67 bits per heavy atom. The Morgan fingerprint density at radius 2 is 1.20 bits per heavy atom. The molecule has 0 saturated heterocycles. The minimum atomic E-state index is -4.56. The predicted molar refractivity (Wildman–Crippen MR) is 191 cm³/mol. The van der Waals surface area contributed by atoms with Crippen molar-refractivity contribution in [3.63, 3.8) is 0 Å². The monoisotopic (exact) mass is 671 g/mol. The topological polar surface area (TPSA) is 108 Å². The Labute approximate surface area is 283 Å². The molecule has 0 radical (unpaired) electrons. The quantitative estimate of drug-likeness (QED) is 0.0321. The van der Waals surface area contributed by atoms with Gasteiger partial charge in [-0.15, -0.1) is 0 Å². The Hall–Kier alpha value is -1.28. The highest BCUT2D eigenvalue weighted by Gasteiger charge is 2.22. The Balaban J connectivity index is 3.98. The summed E-state index contributed by atoms with van der Waals surface area (Å²) < 4.78 is 22.6. The summed E-state index contributed by atoms with van der Waals surface area (Å²) in [5, 5.41) is 13.2. The molecule has 1 amide bonds. The van der Waals surface area contributed by atoms with E-state index >= 15 is 0 Å². The van der Waals surface area contributed by atoms with E-state index in [2.05, 4.69) is 36.5 Å². The molecule has 3 unspecified atom stereocenters. The number of hydrogen-bond acceptors (Lipinski definition) is 6. The molecule has 0 rings (SSSR count). The van der Waals surface area contributed by atoms with Crippen LogP contribution in [0.1, 0.15) is 142 Å². The van der Waals surface area contributed by atoms with Crippen molar-refractivity contribution in [2.24, 2.45) is 0 Å². The van der Waals surface area contributed by atoms with Crippen LogP contribution in [0.4, 0.5) is 0 Å². The van der Waals surface area contributed by atoms with E-state index in [1.54, 1.807) is 13.0 Å². The molecule has 0 heterocycles. The molecule has 3 atom stereocenters. The fourth-order valence-electron chi connectivity index (χ4n) is 4.85. The zero-order valence-electron chi connectivity index (χ0n) is 30.3. The molecular weight excluding hydrogens is 599 g/mol. The summed E-state index contributed by atoms with van der Waals surface area (Å²) in [7, 11) is 1.22. The first-order chi connectivity index (χ1) is 22.0. The van der Waals surface area contributed by atoms with Crippen LogP contribution < -0.4 is 10.2 Å². The maximum atomic E-state index is 12.1. The van der Waals surface area contributed by atoms with Crippen LogP contribution in [0.3, 0.4) is 0 Å². The maximum Gasteiger partial charge on any atom is 0.268 e. The van der Waals surface area contributed by atoms with Gasteiger partial charge >= 0.3 is 0 Å². The second kappa shape index (κ2) is 29.8. The Morgan fingerprint density at radius 1 is 0.739 bits per heavy atom. The zero-order chi connectivity index (χ0) is 34.4. The molecule has 270 valence electrons. The first-order valence-corrected chi connectivity index (χ1v) is 19.8. The number of unbranched alkanes of at least 4 members (excludes halogenated alkanes) is 16. The summed E-state index contributed by atoms with van der Waals surface area (Å²) >= 11 is 0. The van der Waals surface area contributed by atoms with Gasteiger partial charge in [0.15, 0.2) is 0 Å². The first-order valence-electron chi connectivity index (χ1n) is 18.4. The lowest BCUT2D eigenvalue weighted by Crippen LogP contribution is -2.45. The van der Waals surface area contributed by atoms with Crippen molar-refractivity contribution in [3.8, 4) is 0 Å². The summed E-state index contributed by atoms with van der Waals surface area (Å²) in [5.41, 5.74) is 0. The summed E-state index contributed by atoms with van der Waals surface area (Å²) in [6.45, 7) is 4.03. The number of nitrogens with one attached hydrogen (secondary N) is 1. The van der Waals surface area contributed by atoms with Crippen LogP contribution in [0, 0.1) is 0 Å². The highest BCUT2D eigenvalue weighted by molar-refractivity contribution is 7.45. The van der Waals surface area contributed by atoms with Crippen molar-refractivity contribution in [2.75, 3.05) is 40.9 Å². The van der Waals surface area contributed by atoms with Crippen LogP contribution in [-0.2, 0) is 18.4 Å². The normalized spacial score (nSPS) is 15.2. The molecule has 0 aliphatic rings. The lowest BCUT2D eigenvalue weighted by Gasteiger charge is -2.29. The minimum Gasteiger partial charge on any atom is -0.756 e. The van der Waals surface area contributed by atoms with Crippen LogP contribution in [0.15, 0.2) is 36.5 Å².